The number of nitrogens with zero attached hydrogens (tertiary/aromatic N) is 3. The standard InChI is InChI=1S/C10H6N4S/c11-3-7-1-8(5-12-4-7)9-2-10(15)14-6-13-9/h1-2,4-6H,(H,13,14,15). The molecule has 5 heteroatoms. The maximum atomic E-state index is 8.73. The molecule has 2 aromatic rings. The van der Waals surface area contributed by atoms with Crippen LogP contribution in [-0.4, -0.2) is 15.0 Å². The monoisotopic (exact) mass is 214 g/mol. The second kappa shape index (κ2) is 3.98. The SMILES string of the molecule is N#Cc1cncc(-c2cc(=S)nc[nH]2)c1. The molecular formula is C10H6N4S. The first kappa shape index (κ1) is 9.49. The lowest BCUT2D eigenvalue weighted by atomic mass is 10.1. The molecule has 0 saturated carbocycles. The van der Waals surface area contributed by atoms with E-state index >= 15 is 0 Å². The molecule has 0 bridgehead atoms. The van der Waals surface area contributed by atoms with Crippen LogP contribution < -0.4 is 0 Å². The molecule has 0 saturated heterocycles. The molecule has 0 unspecified atom stereocenters. The molecule has 0 aliphatic heterocycles. The summed E-state index contributed by atoms with van der Waals surface area (Å²) in [6.07, 6.45) is 4.71. The van der Waals surface area contributed by atoms with Crippen molar-refractivity contribution in [3.63, 3.8) is 0 Å². The number of nitriles is 1. The number of aromatic nitrogens is 3. The highest BCUT2D eigenvalue weighted by atomic mass is 32.1. The van der Waals surface area contributed by atoms with E-state index in [0.29, 0.717) is 10.2 Å². The smallest absolute Gasteiger partial charge is 0.130 e. The number of nitrogens with one attached hydrogen (secondary N) is 1. The first-order valence-corrected chi connectivity index (χ1v) is 4.60. The van der Waals surface area contributed by atoms with Crippen LogP contribution in [0.4, 0.5) is 0 Å². The second-order valence-corrected chi connectivity index (χ2v) is 3.29. The minimum absolute atomic E-state index is 0.506. The van der Waals surface area contributed by atoms with Gasteiger partial charge in [0, 0.05) is 18.0 Å². The largest absolute Gasteiger partial charge is 0.346 e. The maximum Gasteiger partial charge on any atom is 0.130 e. The fourth-order valence-corrected chi connectivity index (χ4v) is 1.35. The summed E-state index contributed by atoms with van der Waals surface area (Å²) in [5.74, 6) is 0. The van der Waals surface area contributed by atoms with Gasteiger partial charge in [0.25, 0.3) is 0 Å². The van der Waals surface area contributed by atoms with Gasteiger partial charge in [-0.25, -0.2) is 4.98 Å². The Balaban J connectivity index is 2.55. The van der Waals surface area contributed by atoms with E-state index in [4.69, 9.17) is 17.5 Å². The zero-order chi connectivity index (χ0) is 10.7. The van der Waals surface area contributed by atoms with Crippen molar-refractivity contribution in [2.75, 3.05) is 0 Å². The van der Waals surface area contributed by atoms with Gasteiger partial charge in [0.15, 0.2) is 0 Å². The van der Waals surface area contributed by atoms with Crippen LogP contribution in [0.2, 0.25) is 0 Å². The molecule has 15 heavy (non-hydrogen) atoms. The van der Waals surface area contributed by atoms with Gasteiger partial charge in [0.1, 0.15) is 10.7 Å². The molecule has 0 aliphatic carbocycles. The van der Waals surface area contributed by atoms with Gasteiger partial charge < -0.3 is 4.98 Å². The van der Waals surface area contributed by atoms with Crippen molar-refractivity contribution in [3.05, 3.63) is 41.1 Å². The molecule has 0 atom stereocenters. The summed E-state index contributed by atoms with van der Waals surface area (Å²) in [4.78, 5) is 10.8. The molecule has 0 radical (unpaired) electrons. The van der Waals surface area contributed by atoms with Crippen molar-refractivity contribution in [3.8, 4) is 17.3 Å². The molecule has 0 aromatic carbocycles. The predicted molar refractivity (Wildman–Crippen MR) is 57.4 cm³/mol. The zero-order valence-corrected chi connectivity index (χ0v) is 8.45. The van der Waals surface area contributed by atoms with Crippen molar-refractivity contribution in [1.82, 2.24) is 15.0 Å². The van der Waals surface area contributed by atoms with Crippen molar-refractivity contribution in [1.29, 1.82) is 5.26 Å². The molecule has 0 fully saturated rings. The van der Waals surface area contributed by atoms with Crippen LogP contribution in [0, 0.1) is 16.0 Å². The van der Waals surface area contributed by atoms with E-state index in [1.807, 2.05) is 6.07 Å². The van der Waals surface area contributed by atoms with Gasteiger partial charge in [0.05, 0.1) is 17.6 Å². The van der Waals surface area contributed by atoms with Crippen LogP contribution in [0.15, 0.2) is 30.9 Å². The third-order valence-electron chi connectivity index (χ3n) is 1.86. The molecule has 2 rings (SSSR count). The fourth-order valence-electron chi connectivity index (χ4n) is 1.18. The molecule has 0 spiro atoms. The molecule has 1 N–H and O–H groups in total. The number of H-pyrrole nitrogens is 1. The van der Waals surface area contributed by atoms with Crippen molar-refractivity contribution in [2.45, 2.75) is 0 Å². The molecule has 2 aromatic heterocycles. The maximum absolute atomic E-state index is 8.73. The van der Waals surface area contributed by atoms with E-state index in [1.54, 1.807) is 18.3 Å². The Hall–Kier alpha value is -2.06. The van der Waals surface area contributed by atoms with Crippen LogP contribution >= 0.6 is 12.2 Å². The summed E-state index contributed by atoms with van der Waals surface area (Å²) in [6.45, 7) is 0. The lowest BCUT2D eigenvalue weighted by molar-refractivity contribution is 1.15. The van der Waals surface area contributed by atoms with Crippen molar-refractivity contribution < 1.29 is 0 Å². The number of hydrogen-bond acceptors (Lipinski definition) is 4. The minimum Gasteiger partial charge on any atom is -0.346 e. The highest BCUT2D eigenvalue weighted by Crippen LogP contribution is 2.15. The van der Waals surface area contributed by atoms with E-state index in [1.165, 1.54) is 12.5 Å². The first-order valence-electron chi connectivity index (χ1n) is 4.20. The van der Waals surface area contributed by atoms with Crippen LogP contribution in [0.3, 0.4) is 0 Å². The van der Waals surface area contributed by atoms with E-state index < -0.39 is 0 Å². The van der Waals surface area contributed by atoms with Crippen LogP contribution in [0.25, 0.3) is 11.3 Å². The lowest BCUT2D eigenvalue weighted by Gasteiger charge is -2.00. The molecule has 0 aliphatic rings. The average Bonchev–Trinajstić information content (AvgIpc) is 2.29. The second-order valence-electron chi connectivity index (χ2n) is 2.87. The first-order chi connectivity index (χ1) is 7.29. The van der Waals surface area contributed by atoms with E-state index in [-0.39, 0.29) is 0 Å². The molecular weight excluding hydrogens is 208 g/mol. The average molecular weight is 214 g/mol. The van der Waals surface area contributed by atoms with E-state index in [9.17, 15) is 0 Å². The summed E-state index contributed by atoms with van der Waals surface area (Å²) in [7, 11) is 0. The molecule has 0 amide bonds. The van der Waals surface area contributed by atoms with Crippen molar-refractivity contribution >= 4 is 12.2 Å². The summed E-state index contributed by atoms with van der Waals surface area (Å²) in [6, 6.07) is 5.51. The normalized spacial score (nSPS) is 9.53. The summed E-state index contributed by atoms with van der Waals surface area (Å²) < 4.78 is 0.506. The Kier molecular flexibility index (Phi) is 2.52. The van der Waals surface area contributed by atoms with Gasteiger partial charge in [-0.2, -0.15) is 5.26 Å². The van der Waals surface area contributed by atoms with Crippen molar-refractivity contribution in [2.24, 2.45) is 0 Å². The Labute approximate surface area is 91.3 Å². The van der Waals surface area contributed by atoms with Gasteiger partial charge in [-0.15, -0.1) is 0 Å². The summed E-state index contributed by atoms with van der Waals surface area (Å²) in [5.41, 5.74) is 2.14. The third-order valence-corrected chi connectivity index (χ3v) is 2.08. The van der Waals surface area contributed by atoms with Gasteiger partial charge in [-0.05, 0) is 12.1 Å². The summed E-state index contributed by atoms with van der Waals surface area (Å²) in [5, 5.41) is 8.73. The predicted octanol–water partition coefficient (Wildman–Crippen LogP) is 2.07. The Morgan fingerprint density at radius 3 is 2.93 bits per heavy atom. The van der Waals surface area contributed by atoms with Gasteiger partial charge >= 0.3 is 0 Å². The van der Waals surface area contributed by atoms with Gasteiger partial charge in [-0.1, -0.05) is 12.2 Å². The number of hydrogen-bond donors (Lipinski definition) is 1. The molecule has 72 valence electrons. The summed E-state index contributed by atoms with van der Waals surface area (Å²) >= 11 is 4.94. The quantitative estimate of drug-likeness (QED) is 0.738. The number of pyridine rings is 1. The van der Waals surface area contributed by atoms with Crippen LogP contribution in [-0.2, 0) is 0 Å². The third kappa shape index (κ3) is 2.06. The fraction of sp³-hybridized carbons (Fsp3) is 0. The molecule has 4 nitrogen and oxygen atoms in total. The highest BCUT2D eigenvalue weighted by Gasteiger charge is 1.99. The van der Waals surface area contributed by atoms with E-state index in [0.717, 1.165) is 11.3 Å². The number of rotatable bonds is 1. The van der Waals surface area contributed by atoms with Crippen LogP contribution in [0.1, 0.15) is 5.56 Å². The van der Waals surface area contributed by atoms with Gasteiger partial charge in [0.2, 0.25) is 0 Å². The van der Waals surface area contributed by atoms with E-state index in [2.05, 4.69) is 15.0 Å². The van der Waals surface area contributed by atoms with Gasteiger partial charge in [-0.3, -0.25) is 4.98 Å². The Morgan fingerprint density at radius 2 is 2.20 bits per heavy atom. The zero-order valence-electron chi connectivity index (χ0n) is 7.64. The lowest BCUT2D eigenvalue weighted by Crippen LogP contribution is -1.87. The molecule has 2 heterocycles. The Morgan fingerprint density at radius 1 is 1.33 bits per heavy atom. The number of aromatic amines is 1. The van der Waals surface area contributed by atoms with Crippen LogP contribution in [0.5, 0.6) is 0 Å². The minimum atomic E-state index is 0.506. The highest BCUT2D eigenvalue weighted by molar-refractivity contribution is 7.71. The topological polar surface area (TPSA) is 65.4 Å². The Bertz CT molecular complexity index is 582.